The van der Waals surface area contributed by atoms with Crippen LogP contribution in [0.1, 0.15) is 31.7 Å². The number of aliphatic imine (C=N–C) groups is 1. The van der Waals surface area contributed by atoms with Crippen molar-refractivity contribution in [1.82, 2.24) is 20.1 Å². The summed E-state index contributed by atoms with van der Waals surface area (Å²) in [5, 5.41) is 6.41. The van der Waals surface area contributed by atoms with Crippen LogP contribution in [-0.4, -0.2) is 47.5 Å². The maximum atomic E-state index is 11.7. The van der Waals surface area contributed by atoms with Crippen molar-refractivity contribution < 1.29 is 4.79 Å². The standard InChI is InChI=1S/C17H27N5O/c1-3-18-16(19-10-14-5-8-21(2)11-14)22-7-4-6-17(13-22)9-15(23)20-12-17/h5,8,11H,3-4,6-7,9-10,12-13H2,1-2H3,(H,18,19)(H,20,23). The highest BCUT2D eigenvalue weighted by Crippen LogP contribution is 2.36. The highest BCUT2D eigenvalue weighted by molar-refractivity contribution is 5.81. The Morgan fingerprint density at radius 2 is 2.39 bits per heavy atom. The predicted molar refractivity (Wildman–Crippen MR) is 91.1 cm³/mol. The van der Waals surface area contributed by atoms with Gasteiger partial charge in [-0.05, 0) is 31.4 Å². The van der Waals surface area contributed by atoms with E-state index >= 15 is 0 Å². The zero-order valence-electron chi connectivity index (χ0n) is 14.1. The van der Waals surface area contributed by atoms with Crippen molar-refractivity contribution in [1.29, 1.82) is 0 Å². The minimum Gasteiger partial charge on any atom is -0.357 e. The number of carbonyl (C=O) groups is 1. The molecule has 126 valence electrons. The van der Waals surface area contributed by atoms with E-state index in [1.54, 1.807) is 0 Å². The minimum atomic E-state index is 0.0955. The van der Waals surface area contributed by atoms with E-state index in [1.807, 2.05) is 17.8 Å². The molecule has 0 aromatic carbocycles. The van der Waals surface area contributed by atoms with Crippen molar-refractivity contribution in [3.63, 3.8) is 0 Å². The van der Waals surface area contributed by atoms with Crippen molar-refractivity contribution >= 4 is 11.9 Å². The van der Waals surface area contributed by atoms with Gasteiger partial charge in [0.25, 0.3) is 0 Å². The van der Waals surface area contributed by atoms with Gasteiger partial charge in [-0.3, -0.25) is 4.79 Å². The summed E-state index contributed by atoms with van der Waals surface area (Å²) in [5.74, 6) is 1.16. The number of hydrogen-bond acceptors (Lipinski definition) is 2. The molecule has 2 saturated heterocycles. The fourth-order valence-electron chi connectivity index (χ4n) is 3.68. The summed E-state index contributed by atoms with van der Waals surface area (Å²) in [5.41, 5.74) is 1.31. The maximum Gasteiger partial charge on any atom is 0.220 e. The highest BCUT2D eigenvalue weighted by Gasteiger charge is 2.42. The van der Waals surface area contributed by atoms with Gasteiger partial charge in [0, 0.05) is 57.5 Å². The molecule has 1 aromatic heterocycles. The zero-order valence-corrected chi connectivity index (χ0v) is 14.1. The average Bonchev–Trinajstić information content (AvgIpc) is 3.10. The van der Waals surface area contributed by atoms with Gasteiger partial charge in [0.05, 0.1) is 6.54 Å². The Hall–Kier alpha value is -1.98. The second kappa shape index (κ2) is 6.64. The lowest BCUT2D eigenvalue weighted by molar-refractivity contribution is -0.119. The fourth-order valence-corrected chi connectivity index (χ4v) is 3.68. The van der Waals surface area contributed by atoms with E-state index in [9.17, 15) is 4.79 Å². The number of rotatable bonds is 3. The molecule has 2 N–H and O–H groups in total. The zero-order chi connectivity index (χ0) is 16.3. The van der Waals surface area contributed by atoms with E-state index in [0.29, 0.717) is 13.0 Å². The third kappa shape index (κ3) is 3.68. The minimum absolute atomic E-state index is 0.0955. The van der Waals surface area contributed by atoms with E-state index < -0.39 is 0 Å². The van der Waals surface area contributed by atoms with Gasteiger partial charge in [-0.15, -0.1) is 0 Å². The molecule has 3 heterocycles. The van der Waals surface area contributed by atoms with Gasteiger partial charge in [0.1, 0.15) is 0 Å². The topological polar surface area (TPSA) is 61.7 Å². The molecule has 1 aromatic rings. The Kier molecular flexibility index (Phi) is 4.59. The number of piperidine rings is 1. The van der Waals surface area contributed by atoms with Gasteiger partial charge in [-0.1, -0.05) is 0 Å². The van der Waals surface area contributed by atoms with Crippen LogP contribution in [0, 0.1) is 5.41 Å². The molecule has 23 heavy (non-hydrogen) atoms. The normalized spacial score (nSPS) is 25.0. The van der Waals surface area contributed by atoms with Crippen molar-refractivity contribution in [3.05, 3.63) is 24.0 Å². The average molecular weight is 317 g/mol. The Morgan fingerprint density at radius 1 is 1.52 bits per heavy atom. The number of hydrogen-bond donors (Lipinski definition) is 2. The van der Waals surface area contributed by atoms with Crippen LogP contribution in [-0.2, 0) is 18.4 Å². The van der Waals surface area contributed by atoms with Crippen molar-refractivity contribution in [2.75, 3.05) is 26.2 Å². The smallest absolute Gasteiger partial charge is 0.220 e. The van der Waals surface area contributed by atoms with Crippen LogP contribution in [0.5, 0.6) is 0 Å². The van der Waals surface area contributed by atoms with E-state index in [4.69, 9.17) is 4.99 Å². The Morgan fingerprint density at radius 3 is 3.04 bits per heavy atom. The fraction of sp³-hybridized carbons (Fsp3) is 0.647. The summed E-state index contributed by atoms with van der Waals surface area (Å²) in [6.07, 6.45) is 7.04. The van der Waals surface area contributed by atoms with Crippen LogP contribution in [0.3, 0.4) is 0 Å². The Balaban J connectivity index is 1.70. The summed E-state index contributed by atoms with van der Waals surface area (Å²) in [6, 6.07) is 2.10. The van der Waals surface area contributed by atoms with E-state index in [-0.39, 0.29) is 11.3 Å². The number of guanidine groups is 1. The van der Waals surface area contributed by atoms with Gasteiger partial charge in [-0.2, -0.15) is 0 Å². The number of aryl methyl sites for hydroxylation is 1. The summed E-state index contributed by atoms with van der Waals surface area (Å²) in [7, 11) is 2.02. The van der Waals surface area contributed by atoms with Gasteiger partial charge >= 0.3 is 0 Å². The lowest BCUT2D eigenvalue weighted by atomic mass is 9.79. The van der Waals surface area contributed by atoms with Crippen molar-refractivity contribution in [2.24, 2.45) is 17.5 Å². The number of likely N-dealkylation sites (tertiary alicyclic amines) is 1. The second-order valence-electron chi connectivity index (χ2n) is 6.83. The molecule has 6 nitrogen and oxygen atoms in total. The largest absolute Gasteiger partial charge is 0.357 e. The molecular weight excluding hydrogens is 290 g/mol. The van der Waals surface area contributed by atoms with Crippen LogP contribution in [0.25, 0.3) is 0 Å². The molecule has 1 atom stereocenters. The van der Waals surface area contributed by atoms with Crippen LogP contribution in [0.15, 0.2) is 23.5 Å². The number of nitrogens with zero attached hydrogens (tertiary/aromatic N) is 3. The van der Waals surface area contributed by atoms with Crippen LogP contribution in [0.2, 0.25) is 0 Å². The maximum absolute atomic E-state index is 11.7. The number of amides is 1. The first-order chi connectivity index (χ1) is 11.1. The van der Waals surface area contributed by atoms with Gasteiger partial charge in [0.15, 0.2) is 5.96 Å². The molecule has 2 fully saturated rings. The Labute approximate surface area is 137 Å². The van der Waals surface area contributed by atoms with Crippen molar-refractivity contribution in [3.8, 4) is 0 Å². The second-order valence-corrected chi connectivity index (χ2v) is 6.83. The molecule has 0 bridgehead atoms. The number of nitrogens with one attached hydrogen (secondary N) is 2. The third-order valence-electron chi connectivity index (χ3n) is 4.80. The van der Waals surface area contributed by atoms with Crippen LogP contribution >= 0.6 is 0 Å². The molecule has 2 aliphatic heterocycles. The monoisotopic (exact) mass is 317 g/mol. The molecular formula is C17H27N5O. The summed E-state index contributed by atoms with van der Waals surface area (Å²) >= 11 is 0. The molecule has 1 unspecified atom stereocenters. The van der Waals surface area contributed by atoms with Crippen molar-refractivity contribution in [2.45, 2.75) is 32.7 Å². The van der Waals surface area contributed by atoms with Gasteiger partial charge in [-0.25, -0.2) is 4.99 Å². The number of carbonyl (C=O) groups excluding carboxylic acids is 1. The van der Waals surface area contributed by atoms with E-state index in [1.165, 1.54) is 5.56 Å². The van der Waals surface area contributed by atoms with Gasteiger partial charge < -0.3 is 20.1 Å². The molecule has 2 aliphatic rings. The summed E-state index contributed by atoms with van der Waals surface area (Å²) in [4.78, 5) is 18.8. The van der Waals surface area contributed by atoms with Crippen LogP contribution < -0.4 is 10.6 Å². The van der Waals surface area contributed by atoms with E-state index in [0.717, 1.165) is 45.0 Å². The molecule has 1 amide bonds. The quantitative estimate of drug-likeness (QED) is 0.648. The molecule has 3 rings (SSSR count). The SMILES string of the molecule is CCNC(=NCc1ccn(C)c1)N1CCCC2(CNC(=O)C2)C1. The molecule has 0 aliphatic carbocycles. The van der Waals surface area contributed by atoms with Gasteiger partial charge in [0.2, 0.25) is 5.91 Å². The molecule has 1 spiro atoms. The summed E-state index contributed by atoms with van der Waals surface area (Å²) < 4.78 is 2.05. The first-order valence-electron chi connectivity index (χ1n) is 8.51. The Bertz CT molecular complexity index is 594. The molecule has 0 radical (unpaired) electrons. The lowest BCUT2D eigenvalue weighted by Crippen LogP contribution is -2.51. The van der Waals surface area contributed by atoms with Crippen LogP contribution in [0.4, 0.5) is 0 Å². The molecule has 0 saturated carbocycles. The molecule has 6 heteroatoms. The number of aromatic nitrogens is 1. The third-order valence-corrected chi connectivity index (χ3v) is 4.80. The highest BCUT2D eigenvalue weighted by atomic mass is 16.1. The first kappa shape index (κ1) is 15.9. The first-order valence-corrected chi connectivity index (χ1v) is 8.51. The van der Waals surface area contributed by atoms with E-state index in [2.05, 4.69) is 34.7 Å². The predicted octanol–water partition coefficient (Wildman–Crippen LogP) is 1.09. The summed E-state index contributed by atoms with van der Waals surface area (Å²) in [6.45, 7) is 6.36. The lowest BCUT2D eigenvalue weighted by Gasteiger charge is -2.40.